The second kappa shape index (κ2) is 5.46. The summed E-state index contributed by atoms with van der Waals surface area (Å²) in [6.45, 7) is 8.12. The normalized spacial score (nSPS) is 46.8. The van der Waals surface area contributed by atoms with Gasteiger partial charge in [0.05, 0.1) is 0 Å². The molecule has 2 aliphatic carbocycles. The van der Waals surface area contributed by atoms with E-state index in [1.807, 2.05) is 20.8 Å². The van der Waals surface area contributed by atoms with E-state index in [2.05, 4.69) is 6.92 Å². The summed E-state index contributed by atoms with van der Waals surface area (Å²) < 4.78 is 28.6. The highest BCUT2D eigenvalue weighted by Crippen LogP contribution is 2.50. The molecule has 7 unspecified atom stereocenters. The lowest BCUT2D eigenvalue weighted by Gasteiger charge is -2.48. The Morgan fingerprint density at radius 3 is 2.17 bits per heavy atom. The molecule has 0 N–H and O–H groups in total. The fourth-order valence-corrected chi connectivity index (χ4v) is 4.42. The number of rotatable bonds is 2. The number of alkyl halides is 2. The highest BCUT2D eigenvalue weighted by molar-refractivity contribution is 4.95. The van der Waals surface area contributed by atoms with Crippen molar-refractivity contribution >= 4 is 0 Å². The average Bonchev–Trinajstić information content (AvgIpc) is 2.33. The van der Waals surface area contributed by atoms with Crippen LogP contribution in [0.3, 0.4) is 0 Å². The van der Waals surface area contributed by atoms with Crippen LogP contribution in [0.25, 0.3) is 0 Å². The van der Waals surface area contributed by atoms with Crippen molar-refractivity contribution in [3.8, 4) is 0 Å². The van der Waals surface area contributed by atoms with Crippen LogP contribution in [0.2, 0.25) is 0 Å². The van der Waals surface area contributed by atoms with Crippen molar-refractivity contribution in [1.82, 2.24) is 0 Å². The van der Waals surface area contributed by atoms with Gasteiger partial charge in [0.25, 0.3) is 0 Å². The van der Waals surface area contributed by atoms with Crippen molar-refractivity contribution in [2.24, 2.45) is 35.5 Å². The zero-order chi connectivity index (χ0) is 13.4. The smallest absolute Gasteiger partial charge is 0.106 e. The van der Waals surface area contributed by atoms with Gasteiger partial charge < -0.3 is 0 Å². The molecule has 0 radical (unpaired) electrons. The Labute approximate surface area is 111 Å². The molecule has 7 atom stereocenters. The Morgan fingerprint density at radius 1 is 0.944 bits per heavy atom. The van der Waals surface area contributed by atoms with E-state index in [1.165, 1.54) is 0 Å². The number of fused-ring (bicyclic) bond motifs is 1. The highest BCUT2D eigenvalue weighted by atomic mass is 19.1. The summed E-state index contributed by atoms with van der Waals surface area (Å²) >= 11 is 0. The van der Waals surface area contributed by atoms with Crippen LogP contribution >= 0.6 is 0 Å². The molecule has 0 heterocycles. The zero-order valence-corrected chi connectivity index (χ0v) is 12.2. The minimum atomic E-state index is -0.710. The van der Waals surface area contributed by atoms with Crippen molar-refractivity contribution in [3.05, 3.63) is 0 Å². The van der Waals surface area contributed by atoms with Gasteiger partial charge in [0, 0.05) is 0 Å². The lowest BCUT2D eigenvalue weighted by atomic mass is 9.58. The van der Waals surface area contributed by atoms with Crippen molar-refractivity contribution < 1.29 is 8.78 Å². The van der Waals surface area contributed by atoms with E-state index < -0.39 is 12.3 Å². The van der Waals surface area contributed by atoms with E-state index in [0.29, 0.717) is 11.8 Å². The summed E-state index contributed by atoms with van der Waals surface area (Å²) in [7, 11) is 0. The molecule has 2 fully saturated rings. The Balaban J connectivity index is 2.08. The maximum Gasteiger partial charge on any atom is 0.106 e. The summed E-state index contributed by atoms with van der Waals surface area (Å²) in [5, 5.41) is 0. The Hall–Kier alpha value is -0.140. The maximum absolute atomic E-state index is 14.3. The quantitative estimate of drug-likeness (QED) is 0.652. The molecule has 2 saturated carbocycles. The van der Waals surface area contributed by atoms with Crippen molar-refractivity contribution in [3.63, 3.8) is 0 Å². The van der Waals surface area contributed by atoms with Crippen molar-refractivity contribution in [1.29, 1.82) is 0 Å². The van der Waals surface area contributed by atoms with Crippen molar-refractivity contribution in [2.45, 2.75) is 65.7 Å². The van der Waals surface area contributed by atoms with Crippen LogP contribution in [-0.2, 0) is 0 Å². The van der Waals surface area contributed by atoms with E-state index >= 15 is 0 Å². The first-order chi connectivity index (χ1) is 8.43. The number of halogens is 2. The molecule has 0 spiro atoms. The van der Waals surface area contributed by atoms with Crippen LogP contribution in [0.1, 0.15) is 53.4 Å². The van der Waals surface area contributed by atoms with Crippen LogP contribution in [0.5, 0.6) is 0 Å². The first kappa shape index (κ1) is 14.3. The van der Waals surface area contributed by atoms with Gasteiger partial charge in [-0.25, -0.2) is 8.78 Å². The predicted octanol–water partition coefficient (Wildman–Crippen LogP) is 5.03. The third kappa shape index (κ3) is 2.44. The molecule has 0 aromatic carbocycles. The molecular formula is C16H28F2. The molecule has 2 aliphatic rings. The summed E-state index contributed by atoms with van der Waals surface area (Å²) in [5.74, 6) is 1.45. The minimum Gasteiger partial charge on any atom is -0.247 e. The third-order valence-corrected chi connectivity index (χ3v) is 5.69. The molecule has 0 aliphatic heterocycles. The van der Waals surface area contributed by atoms with Crippen LogP contribution in [0, 0.1) is 35.5 Å². The van der Waals surface area contributed by atoms with Crippen LogP contribution in [0.15, 0.2) is 0 Å². The van der Waals surface area contributed by atoms with E-state index in [4.69, 9.17) is 0 Å². The molecule has 0 aromatic heterocycles. The van der Waals surface area contributed by atoms with Crippen molar-refractivity contribution in [2.75, 3.05) is 0 Å². The van der Waals surface area contributed by atoms with Gasteiger partial charge in [-0.1, -0.05) is 27.7 Å². The second-order valence-corrected chi connectivity index (χ2v) is 7.12. The molecule has 18 heavy (non-hydrogen) atoms. The summed E-state index contributed by atoms with van der Waals surface area (Å²) in [6.07, 6.45) is 2.52. The summed E-state index contributed by atoms with van der Waals surface area (Å²) in [6, 6.07) is 0. The van der Waals surface area contributed by atoms with Gasteiger partial charge in [-0.05, 0) is 61.2 Å². The Bertz CT molecular complexity index is 276. The predicted molar refractivity (Wildman–Crippen MR) is 71.9 cm³/mol. The van der Waals surface area contributed by atoms with Gasteiger partial charge in [0.15, 0.2) is 0 Å². The Kier molecular flexibility index (Phi) is 4.33. The van der Waals surface area contributed by atoms with Crippen LogP contribution < -0.4 is 0 Å². The first-order valence-electron chi connectivity index (χ1n) is 7.71. The average molecular weight is 258 g/mol. The van der Waals surface area contributed by atoms with Gasteiger partial charge in [-0.2, -0.15) is 0 Å². The molecule has 2 heteroatoms. The van der Waals surface area contributed by atoms with E-state index in [1.54, 1.807) is 0 Å². The fourth-order valence-electron chi connectivity index (χ4n) is 4.42. The van der Waals surface area contributed by atoms with Gasteiger partial charge in [-0.3, -0.25) is 0 Å². The molecule has 0 aromatic rings. The van der Waals surface area contributed by atoms with Crippen LogP contribution in [-0.4, -0.2) is 12.3 Å². The van der Waals surface area contributed by atoms with E-state index in [-0.39, 0.29) is 23.7 Å². The molecule has 106 valence electrons. The standard InChI is InChI=1S/C16H28F2/c1-9(2)15(17)13-7-8-14-12(11(13)4)6-5-10(3)16(14)18/h9-16H,5-8H2,1-4H3. The molecule has 0 bridgehead atoms. The van der Waals surface area contributed by atoms with Gasteiger partial charge in [0.2, 0.25) is 0 Å². The maximum atomic E-state index is 14.3. The second-order valence-electron chi connectivity index (χ2n) is 7.12. The molecular weight excluding hydrogens is 230 g/mol. The molecule has 2 rings (SSSR count). The lowest BCUT2D eigenvalue weighted by molar-refractivity contribution is -0.0428. The number of hydrogen-bond donors (Lipinski definition) is 0. The number of hydrogen-bond acceptors (Lipinski definition) is 0. The van der Waals surface area contributed by atoms with E-state index in [0.717, 1.165) is 25.7 Å². The largest absolute Gasteiger partial charge is 0.247 e. The van der Waals surface area contributed by atoms with Gasteiger partial charge in [0.1, 0.15) is 12.3 Å². The lowest BCUT2D eigenvalue weighted by Crippen LogP contribution is -2.46. The fraction of sp³-hybridized carbons (Fsp3) is 1.00. The summed E-state index contributed by atoms with van der Waals surface area (Å²) in [4.78, 5) is 0. The molecule has 0 saturated heterocycles. The topological polar surface area (TPSA) is 0 Å². The molecule has 0 nitrogen and oxygen atoms in total. The van der Waals surface area contributed by atoms with Gasteiger partial charge in [-0.15, -0.1) is 0 Å². The third-order valence-electron chi connectivity index (χ3n) is 5.69. The Morgan fingerprint density at radius 2 is 1.56 bits per heavy atom. The minimum absolute atomic E-state index is 0.0951. The zero-order valence-electron chi connectivity index (χ0n) is 12.2. The van der Waals surface area contributed by atoms with Crippen LogP contribution in [0.4, 0.5) is 8.78 Å². The SMILES string of the molecule is CC(C)C(F)C1CCC2C(F)C(C)CCC2C1C. The monoisotopic (exact) mass is 258 g/mol. The summed E-state index contributed by atoms with van der Waals surface area (Å²) in [5.41, 5.74) is 0. The highest BCUT2D eigenvalue weighted by Gasteiger charge is 2.47. The van der Waals surface area contributed by atoms with Gasteiger partial charge >= 0.3 is 0 Å². The first-order valence-corrected chi connectivity index (χ1v) is 7.71. The molecule has 0 amide bonds. The van der Waals surface area contributed by atoms with E-state index in [9.17, 15) is 8.78 Å².